The highest BCUT2D eigenvalue weighted by molar-refractivity contribution is 5.37. The lowest BCUT2D eigenvalue weighted by Gasteiger charge is -2.21. The van der Waals surface area contributed by atoms with Crippen molar-refractivity contribution in [2.24, 2.45) is 0 Å². The maximum atomic E-state index is 4.21. The van der Waals surface area contributed by atoms with Crippen LogP contribution >= 0.6 is 0 Å². The van der Waals surface area contributed by atoms with E-state index in [0.29, 0.717) is 0 Å². The van der Waals surface area contributed by atoms with Gasteiger partial charge in [-0.3, -0.25) is 0 Å². The van der Waals surface area contributed by atoms with E-state index in [1.165, 1.54) is 5.56 Å². The molecule has 114 valence electrons. The number of hydrogen-bond donors (Lipinski definition) is 1. The Morgan fingerprint density at radius 3 is 2.14 bits per heavy atom. The number of nitrogens with zero attached hydrogens (tertiary/aromatic N) is 3. The van der Waals surface area contributed by atoms with Crippen LogP contribution in [0, 0.1) is 0 Å². The first-order valence-electron chi connectivity index (χ1n) is 7.42. The van der Waals surface area contributed by atoms with Crippen LogP contribution in [0.1, 0.15) is 52.8 Å². The number of hydrogen-bond acceptors (Lipinski definition) is 3. The number of nitrogens with one attached hydrogen (secondary N) is 1. The fourth-order valence-electron chi connectivity index (χ4n) is 2.05. The predicted molar refractivity (Wildman–Crippen MR) is 86.7 cm³/mol. The highest BCUT2D eigenvalue weighted by atomic mass is 15.4. The lowest BCUT2D eigenvalue weighted by molar-refractivity contribution is 0.418. The largest absolute Gasteiger partial charge is 0.306 e. The Kier molecular flexibility index (Phi) is 4.19. The van der Waals surface area contributed by atoms with Gasteiger partial charge < -0.3 is 5.32 Å². The molecule has 2 aromatic rings. The van der Waals surface area contributed by atoms with E-state index in [1.807, 2.05) is 10.9 Å². The van der Waals surface area contributed by atoms with E-state index in [-0.39, 0.29) is 11.0 Å². The molecule has 0 radical (unpaired) electrons. The van der Waals surface area contributed by atoms with E-state index in [9.17, 15) is 0 Å². The van der Waals surface area contributed by atoms with Crippen LogP contribution in [0.4, 0.5) is 0 Å². The van der Waals surface area contributed by atoms with Crippen LogP contribution < -0.4 is 5.32 Å². The molecule has 0 atom stereocenters. The summed E-state index contributed by atoms with van der Waals surface area (Å²) in [5.74, 6) is 0. The van der Waals surface area contributed by atoms with Gasteiger partial charge in [0.2, 0.25) is 0 Å². The predicted octanol–water partition coefficient (Wildman–Crippen LogP) is 3.45. The Labute approximate surface area is 127 Å². The molecule has 4 heteroatoms. The van der Waals surface area contributed by atoms with Crippen LogP contribution in [0.3, 0.4) is 0 Å². The van der Waals surface area contributed by atoms with Gasteiger partial charge in [-0.05, 0) is 43.9 Å². The van der Waals surface area contributed by atoms with E-state index in [4.69, 9.17) is 0 Å². The SMILES string of the molecule is CC(C)(C)NCc1cnnn1-c1ccc(C(C)(C)C)cc1. The second kappa shape index (κ2) is 5.60. The van der Waals surface area contributed by atoms with Crippen molar-refractivity contribution in [2.75, 3.05) is 0 Å². The Balaban J connectivity index is 2.21. The molecule has 0 amide bonds. The van der Waals surface area contributed by atoms with Gasteiger partial charge in [0.15, 0.2) is 0 Å². The minimum absolute atomic E-state index is 0.0746. The van der Waals surface area contributed by atoms with Crippen molar-refractivity contribution < 1.29 is 0 Å². The Morgan fingerprint density at radius 2 is 1.62 bits per heavy atom. The summed E-state index contributed by atoms with van der Waals surface area (Å²) in [6.07, 6.45) is 1.82. The molecule has 0 unspecified atom stereocenters. The third kappa shape index (κ3) is 4.14. The molecule has 21 heavy (non-hydrogen) atoms. The maximum Gasteiger partial charge on any atom is 0.0783 e. The van der Waals surface area contributed by atoms with Gasteiger partial charge in [0.25, 0.3) is 0 Å². The molecule has 0 aliphatic rings. The van der Waals surface area contributed by atoms with Crippen LogP contribution in [0.5, 0.6) is 0 Å². The molecule has 1 aromatic heterocycles. The highest BCUT2D eigenvalue weighted by Gasteiger charge is 2.15. The Bertz CT molecular complexity index is 582. The molecular formula is C17H26N4. The Morgan fingerprint density at radius 1 is 1.00 bits per heavy atom. The van der Waals surface area contributed by atoms with Crippen molar-refractivity contribution in [1.29, 1.82) is 0 Å². The molecule has 2 rings (SSSR count). The highest BCUT2D eigenvalue weighted by Crippen LogP contribution is 2.23. The van der Waals surface area contributed by atoms with Gasteiger partial charge in [0.1, 0.15) is 0 Å². The summed E-state index contributed by atoms with van der Waals surface area (Å²) in [5.41, 5.74) is 3.67. The van der Waals surface area contributed by atoms with Gasteiger partial charge >= 0.3 is 0 Å². The third-order valence-electron chi connectivity index (χ3n) is 3.40. The van der Waals surface area contributed by atoms with Gasteiger partial charge in [-0.1, -0.05) is 38.1 Å². The fourth-order valence-corrected chi connectivity index (χ4v) is 2.05. The van der Waals surface area contributed by atoms with E-state index < -0.39 is 0 Å². The van der Waals surface area contributed by atoms with Crippen molar-refractivity contribution >= 4 is 0 Å². The van der Waals surface area contributed by atoms with Crippen molar-refractivity contribution in [3.8, 4) is 5.69 Å². The van der Waals surface area contributed by atoms with Gasteiger partial charge in [-0.15, -0.1) is 5.10 Å². The molecule has 0 aliphatic heterocycles. The summed E-state index contributed by atoms with van der Waals surface area (Å²) >= 11 is 0. The quantitative estimate of drug-likeness (QED) is 0.939. The fraction of sp³-hybridized carbons (Fsp3) is 0.529. The topological polar surface area (TPSA) is 42.7 Å². The van der Waals surface area contributed by atoms with Crippen LogP contribution in [0.15, 0.2) is 30.5 Å². The van der Waals surface area contributed by atoms with E-state index >= 15 is 0 Å². The first-order chi connectivity index (χ1) is 9.67. The lowest BCUT2D eigenvalue weighted by atomic mass is 9.87. The molecule has 0 spiro atoms. The summed E-state index contributed by atoms with van der Waals surface area (Å²) in [4.78, 5) is 0. The maximum absolute atomic E-state index is 4.21. The summed E-state index contributed by atoms with van der Waals surface area (Å²) in [6.45, 7) is 13.9. The molecule has 0 fully saturated rings. The number of aromatic nitrogens is 3. The number of rotatable bonds is 3. The minimum Gasteiger partial charge on any atom is -0.306 e. The normalized spacial score (nSPS) is 12.7. The summed E-state index contributed by atoms with van der Waals surface area (Å²) < 4.78 is 1.89. The molecule has 0 aliphatic carbocycles. The van der Waals surface area contributed by atoms with Crippen molar-refractivity contribution in [3.05, 3.63) is 41.7 Å². The van der Waals surface area contributed by atoms with Crippen LogP contribution in [-0.4, -0.2) is 20.5 Å². The standard InChI is InChI=1S/C17H26N4/c1-16(2,3)13-7-9-14(10-8-13)21-15(12-19-20-21)11-18-17(4,5)6/h7-10,12,18H,11H2,1-6H3. The smallest absolute Gasteiger partial charge is 0.0783 e. The molecule has 1 N–H and O–H groups in total. The first kappa shape index (κ1) is 15.7. The Hall–Kier alpha value is -1.68. The second-order valence-corrected chi connectivity index (χ2v) is 7.54. The van der Waals surface area contributed by atoms with Crippen molar-refractivity contribution in [3.63, 3.8) is 0 Å². The molecular weight excluding hydrogens is 260 g/mol. The lowest BCUT2D eigenvalue weighted by Crippen LogP contribution is -2.35. The zero-order valence-electron chi connectivity index (χ0n) is 13.9. The second-order valence-electron chi connectivity index (χ2n) is 7.54. The summed E-state index contributed by atoms with van der Waals surface area (Å²) in [5, 5.41) is 11.7. The van der Waals surface area contributed by atoms with E-state index in [2.05, 4.69) is 81.4 Å². The number of benzene rings is 1. The molecule has 1 heterocycles. The average Bonchev–Trinajstić information content (AvgIpc) is 2.83. The zero-order chi connectivity index (χ0) is 15.7. The van der Waals surface area contributed by atoms with Crippen LogP contribution in [-0.2, 0) is 12.0 Å². The third-order valence-corrected chi connectivity index (χ3v) is 3.40. The van der Waals surface area contributed by atoms with Gasteiger partial charge in [0, 0.05) is 12.1 Å². The molecule has 1 aromatic carbocycles. The zero-order valence-corrected chi connectivity index (χ0v) is 13.9. The van der Waals surface area contributed by atoms with E-state index in [0.717, 1.165) is 17.9 Å². The summed E-state index contributed by atoms with van der Waals surface area (Å²) in [7, 11) is 0. The monoisotopic (exact) mass is 286 g/mol. The van der Waals surface area contributed by atoms with Gasteiger partial charge in [0.05, 0.1) is 17.6 Å². The van der Waals surface area contributed by atoms with Gasteiger partial charge in [-0.2, -0.15) is 0 Å². The minimum atomic E-state index is 0.0746. The van der Waals surface area contributed by atoms with Crippen molar-refractivity contribution in [2.45, 2.75) is 59.0 Å². The molecule has 0 saturated heterocycles. The van der Waals surface area contributed by atoms with Crippen LogP contribution in [0.2, 0.25) is 0 Å². The van der Waals surface area contributed by atoms with E-state index in [1.54, 1.807) is 0 Å². The molecule has 0 bridgehead atoms. The van der Waals surface area contributed by atoms with Crippen LogP contribution in [0.25, 0.3) is 5.69 Å². The van der Waals surface area contributed by atoms with Gasteiger partial charge in [-0.25, -0.2) is 4.68 Å². The summed E-state index contributed by atoms with van der Waals surface area (Å²) in [6, 6.07) is 8.54. The molecule has 4 nitrogen and oxygen atoms in total. The van der Waals surface area contributed by atoms with Crippen molar-refractivity contribution in [1.82, 2.24) is 20.3 Å². The first-order valence-corrected chi connectivity index (χ1v) is 7.42. The average molecular weight is 286 g/mol. The molecule has 0 saturated carbocycles.